The van der Waals surface area contributed by atoms with Gasteiger partial charge in [0.1, 0.15) is 42.4 Å². The molecular formula is C55H72F2N12O10. The van der Waals surface area contributed by atoms with E-state index in [0.717, 1.165) is 23.8 Å². The highest BCUT2D eigenvalue weighted by Gasteiger charge is 2.39. The first kappa shape index (κ1) is 61.8. The van der Waals surface area contributed by atoms with Crippen molar-refractivity contribution in [2.24, 2.45) is 22.8 Å². The lowest BCUT2D eigenvalue weighted by Crippen LogP contribution is -2.55. The third-order valence-electron chi connectivity index (χ3n) is 12.9. The lowest BCUT2D eigenvalue weighted by molar-refractivity contribution is -0.140. The van der Waals surface area contributed by atoms with Crippen molar-refractivity contribution in [3.05, 3.63) is 120 Å². The molecule has 0 spiro atoms. The molecule has 9 amide bonds. The Bertz CT molecular complexity index is 2810. The summed E-state index contributed by atoms with van der Waals surface area (Å²) in [5.41, 5.74) is 12.6. The zero-order valence-corrected chi connectivity index (χ0v) is 45.0. The Balaban J connectivity index is 1.17. The van der Waals surface area contributed by atoms with Crippen LogP contribution in [-0.4, -0.2) is 141 Å². The fourth-order valence-electron chi connectivity index (χ4n) is 8.77. The molecule has 1 aliphatic heterocycles. The lowest BCUT2D eigenvalue weighted by atomic mass is 9.84. The smallest absolute Gasteiger partial charge is 0.312 e. The van der Waals surface area contributed by atoms with Crippen LogP contribution in [0, 0.1) is 23.0 Å². The maximum Gasteiger partial charge on any atom is 0.312 e. The predicted octanol–water partition coefficient (Wildman–Crippen LogP) is 2.10. The van der Waals surface area contributed by atoms with Crippen LogP contribution in [0.5, 0.6) is 0 Å². The number of carbonyl (C=O) groups is 8. The van der Waals surface area contributed by atoms with E-state index in [1.165, 1.54) is 22.0 Å². The highest BCUT2D eigenvalue weighted by atomic mass is 19.1. The van der Waals surface area contributed by atoms with E-state index >= 15 is 4.39 Å². The van der Waals surface area contributed by atoms with E-state index in [-0.39, 0.29) is 94.4 Å². The van der Waals surface area contributed by atoms with Gasteiger partial charge in [0.05, 0.1) is 24.2 Å². The molecule has 5 atom stereocenters. The van der Waals surface area contributed by atoms with Gasteiger partial charge in [-0.1, -0.05) is 77.1 Å². The summed E-state index contributed by atoms with van der Waals surface area (Å²) in [7, 11) is 0. The maximum atomic E-state index is 15.2. The number of anilines is 1. The molecule has 24 heteroatoms. The van der Waals surface area contributed by atoms with E-state index in [0.29, 0.717) is 17.1 Å². The van der Waals surface area contributed by atoms with Crippen LogP contribution in [0.2, 0.25) is 0 Å². The van der Waals surface area contributed by atoms with Crippen molar-refractivity contribution in [2.75, 3.05) is 44.6 Å². The minimum Gasteiger partial charge on any atom is -0.387 e. The highest BCUT2D eigenvalue weighted by Crippen LogP contribution is 2.39. The second-order valence-corrected chi connectivity index (χ2v) is 20.5. The predicted molar refractivity (Wildman–Crippen MR) is 289 cm³/mol. The number of aliphatic hydroxyl groups excluding tert-OH is 2. The van der Waals surface area contributed by atoms with Gasteiger partial charge >= 0.3 is 6.03 Å². The van der Waals surface area contributed by atoms with Crippen LogP contribution in [0.1, 0.15) is 83.3 Å². The number of nitrogens with one attached hydrogen (secondary N) is 6. The fourth-order valence-corrected chi connectivity index (χ4v) is 8.77. The topological polar surface area (TPSA) is 326 Å². The summed E-state index contributed by atoms with van der Waals surface area (Å²) in [6.07, 6.45) is 3.02. The Kier molecular flexibility index (Phi) is 22.7. The van der Waals surface area contributed by atoms with Gasteiger partial charge in [0, 0.05) is 69.2 Å². The number of primary amides is 1. The second-order valence-electron chi connectivity index (χ2n) is 20.5. The monoisotopic (exact) mass is 1100 g/mol. The highest BCUT2D eigenvalue weighted by molar-refractivity contribution is 5.98. The molecule has 3 aromatic carbocycles. The number of nitrogens with two attached hydrogens (primary N) is 2. The molecule has 79 heavy (non-hydrogen) atoms. The molecule has 22 nitrogen and oxygen atoms in total. The summed E-state index contributed by atoms with van der Waals surface area (Å²) in [4.78, 5) is 111. The Morgan fingerprint density at radius 3 is 2.18 bits per heavy atom. The van der Waals surface area contributed by atoms with E-state index in [4.69, 9.17) is 16.5 Å². The zero-order valence-electron chi connectivity index (χ0n) is 45.0. The van der Waals surface area contributed by atoms with Gasteiger partial charge < -0.3 is 67.9 Å². The number of imidazole rings is 1. The molecule has 0 radical (unpaired) electrons. The van der Waals surface area contributed by atoms with Crippen LogP contribution >= 0.6 is 0 Å². The van der Waals surface area contributed by atoms with Crippen molar-refractivity contribution in [1.82, 2.24) is 45.9 Å². The summed E-state index contributed by atoms with van der Waals surface area (Å²) in [5.74, 6) is -5.52. The molecule has 426 valence electrons. The standard InChI is InChI=1S/C55H72F2N12O10/c1-33(2)48(53(78)65-41(12-9-23-62-54(59)79)52(77)63-37-16-13-34(14-17-37)28-44(72)60-25-27-68-45(73)19-20-46(68)74)66-43(71)21-24-61-51(76)40(58)22-26-69(47(75)32-70)49(55(3,4)5)50-64-42(38-29-36(56)15-18-39(38)57)31-67(50)30-35-10-7-6-8-11-35/h6-8,10-11,13-20,29,31,33,40-41,45,48-49,70,73H,9,12,21-28,30,32,58H2,1-5H3,(H,60,72)(H,61,76)(H,63,77)(H,65,78)(H,66,71)(H3,59,62,79)/t40-,41-,45?,48-,49-/m0/s1. The molecule has 0 saturated carbocycles. The third kappa shape index (κ3) is 18.5. The molecule has 2 heterocycles. The van der Waals surface area contributed by atoms with Crippen LogP contribution in [0.15, 0.2) is 91.1 Å². The van der Waals surface area contributed by atoms with Gasteiger partial charge in [-0.2, -0.15) is 0 Å². The quantitative estimate of drug-likeness (QED) is 0.0366. The Morgan fingerprint density at radius 2 is 1.54 bits per heavy atom. The zero-order chi connectivity index (χ0) is 58.0. The van der Waals surface area contributed by atoms with Crippen LogP contribution in [0.3, 0.4) is 0 Å². The summed E-state index contributed by atoms with van der Waals surface area (Å²) in [5, 5.41) is 35.9. The first-order valence-corrected chi connectivity index (χ1v) is 25.9. The summed E-state index contributed by atoms with van der Waals surface area (Å²) >= 11 is 0. The number of halogens is 2. The molecule has 1 aromatic heterocycles. The number of amides is 9. The van der Waals surface area contributed by atoms with Gasteiger partial charge in [-0.15, -0.1) is 0 Å². The van der Waals surface area contributed by atoms with Crippen molar-refractivity contribution in [1.29, 1.82) is 0 Å². The van der Waals surface area contributed by atoms with Gasteiger partial charge in [0.15, 0.2) is 0 Å². The van der Waals surface area contributed by atoms with Crippen LogP contribution in [0.25, 0.3) is 11.3 Å². The van der Waals surface area contributed by atoms with Crippen molar-refractivity contribution in [3.63, 3.8) is 0 Å². The minimum absolute atomic E-state index is 0.0100. The van der Waals surface area contributed by atoms with E-state index in [2.05, 4.69) is 31.9 Å². The molecule has 0 fully saturated rings. The largest absolute Gasteiger partial charge is 0.387 e. The molecule has 0 aliphatic carbocycles. The number of nitrogens with zero attached hydrogens (tertiary/aromatic N) is 4. The van der Waals surface area contributed by atoms with E-state index in [1.54, 1.807) is 48.9 Å². The molecule has 5 rings (SSSR count). The molecule has 0 bridgehead atoms. The number of hydrogen-bond acceptors (Lipinski definition) is 12. The minimum atomic E-state index is -1.21. The Hall–Kier alpha value is -8.09. The van der Waals surface area contributed by atoms with Gasteiger partial charge in [0.25, 0.3) is 0 Å². The average Bonchev–Trinajstić information content (AvgIpc) is 4.20. The molecule has 0 saturated heterocycles. The van der Waals surface area contributed by atoms with Crippen LogP contribution < -0.4 is 43.4 Å². The number of urea groups is 1. The van der Waals surface area contributed by atoms with Crippen molar-refractivity contribution < 1.29 is 57.4 Å². The summed E-state index contributed by atoms with van der Waals surface area (Å²) < 4.78 is 31.3. The maximum absolute atomic E-state index is 15.2. The fraction of sp³-hybridized carbons (Fsp3) is 0.436. The number of carbonyl (C=O) groups excluding carboxylic acids is 8. The van der Waals surface area contributed by atoms with Crippen molar-refractivity contribution >= 4 is 53.1 Å². The van der Waals surface area contributed by atoms with Gasteiger partial charge in [-0.25, -0.2) is 18.6 Å². The number of aliphatic hydroxyl groups is 2. The molecular weight excluding hydrogens is 1030 g/mol. The lowest BCUT2D eigenvalue weighted by Gasteiger charge is -2.40. The average molecular weight is 1100 g/mol. The number of rotatable bonds is 28. The van der Waals surface area contributed by atoms with Gasteiger partial charge in [0.2, 0.25) is 41.4 Å². The van der Waals surface area contributed by atoms with Crippen LogP contribution in [0.4, 0.5) is 19.3 Å². The molecule has 12 N–H and O–H groups in total. The number of benzene rings is 3. The summed E-state index contributed by atoms with van der Waals surface area (Å²) in [6.45, 7) is 8.24. The first-order chi connectivity index (χ1) is 37.4. The van der Waals surface area contributed by atoms with Crippen LogP contribution in [-0.2, 0) is 46.5 Å². The van der Waals surface area contributed by atoms with E-state index in [9.17, 15) is 53.0 Å². The Morgan fingerprint density at radius 1 is 0.835 bits per heavy atom. The third-order valence-corrected chi connectivity index (χ3v) is 12.9. The van der Waals surface area contributed by atoms with Crippen molar-refractivity contribution in [2.45, 2.75) is 104 Å². The Labute approximate surface area is 457 Å². The normalized spacial score (nSPS) is 14.7. The molecule has 1 aliphatic rings. The number of aromatic nitrogens is 2. The van der Waals surface area contributed by atoms with E-state index in [1.807, 2.05) is 51.1 Å². The SMILES string of the molecule is CC(C)[C@H](NC(=O)CCNC(=O)[C@@H](N)CCN(C(=O)CO)[C@@H](c1nc(-c2cc(F)ccc2F)cn1Cc1ccccc1)C(C)(C)C)C(=O)N[C@@H](CCCNC(N)=O)C(=O)Nc1ccc(CC(=O)NCCN2C(=O)C=CC2O)cc1. The number of hydrogen-bond donors (Lipinski definition) is 10. The summed E-state index contributed by atoms with van der Waals surface area (Å²) in [6, 6.07) is 13.6. The van der Waals surface area contributed by atoms with Gasteiger partial charge in [-0.3, -0.25) is 33.6 Å². The second kappa shape index (κ2) is 29.0. The van der Waals surface area contributed by atoms with Gasteiger partial charge in [-0.05, 0) is 78.1 Å². The van der Waals surface area contributed by atoms with Crippen molar-refractivity contribution in [3.8, 4) is 11.3 Å². The van der Waals surface area contributed by atoms with E-state index < -0.39 is 95.5 Å². The molecule has 4 aromatic rings. The first-order valence-electron chi connectivity index (χ1n) is 25.9. The molecule has 1 unspecified atom stereocenters.